The molecule has 1 aromatic rings. The third kappa shape index (κ3) is 5.22. The second-order valence-electron chi connectivity index (χ2n) is 7.51. The van der Waals surface area contributed by atoms with Gasteiger partial charge in [-0.3, -0.25) is 4.90 Å². The van der Waals surface area contributed by atoms with E-state index in [1.54, 1.807) is 7.11 Å². The number of hydrogen-bond acceptors (Lipinski definition) is 3. The molecule has 24 heavy (non-hydrogen) atoms. The number of piperidine rings is 1. The molecule has 0 unspecified atom stereocenters. The summed E-state index contributed by atoms with van der Waals surface area (Å²) in [5.74, 6) is 0.955. The number of ether oxygens (including phenoxy) is 1. The smallest absolute Gasteiger partial charge is 0.118 e. The first-order valence-corrected chi connectivity index (χ1v) is 9.94. The highest BCUT2D eigenvalue weighted by Gasteiger charge is 2.22. The molecular formula is C21H34N2O. The second kappa shape index (κ2) is 9.43. The molecule has 134 valence electrons. The van der Waals surface area contributed by atoms with E-state index in [-0.39, 0.29) is 0 Å². The van der Waals surface area contributed by atoms with Crippen LogP contribution in [-0.2, 0) is 6.54 Å². The number of rotatable bonds is 7. The third-order valence-corrected chi connectivity index (χ3v) is 5.79. The lowest BCUT2D eigenvalue weighted by molar-refractivity contribution is 0.118. The molecular weight excluding hydrogens is 296 g/mol. The third-order valence-electron chi connectivity index (χ3n) is 5.79. The van der Waals surface area contributed by atoms with Crippen LogP contribution >= 0.6 is 0 Å². The molecule has 2 aliphatic rings. The van der Waals surface area contributed by atoms with Crippen molar-refractivity contribution in [2.24, 2.45) is 0 Å². The van der Waals surface area contributed by atoms with E-state index in [0.717, 1.165) is 18.3 Å². The van der Waals surface area contributed by atoms with Crippen LogP contribution in [-0.4, -0.2) is 49.1 Å². The van der Waals surface area contributed by atoms with Crippen LogP contribution in [0.25, 0.3) is 0 Å². The second-order valence-corrected chi connectivity index (χ2v) is 7.51. The number of nitrogens with zero attached hydrogens (tertiary/aromatic N) is 2. The van der Waals surface area contributed by atoms with Crippen molar-refractivity contribution >= 4 is 0 Å². The lowest BCUT2D eigenvalue weighted by Gasteiger charge is -2.36. The summed E-state index contributed by atoms with van der Waals surface area (Å²) in [6.07, 6.45) is 11.2. The molecule has 1 aliphatic carbocycles. The average molecular weight is 331 g/mol. The predicted molar refractivity (Wildman–Crippen MR) is 101 cm³/mol. The topological polar surface area (TPSA) is 15.7 Å². The van der Waals surface area contributed by atoms with Crippen LogP contribution in [0.4, 0.5) is 0 Å². The van der Waals surface area contributed by atoms with Gasteiger partial charge in [0, 0.05) is 25.7 Å². The van der Waals surface area contributed by atoms with E-state index in [0.29, 0.717) is 0 Å². The van der Waals surface area contributed by atoms with Gasteiger partial charge in [-0.25, -0.2) is 0 Å². The molecule has 1 aromatic carbocycles. The SMILES string of the molecule is COc1ccc(CN(CCN2CCCCC2)C2CCCCC2)cc1. The largest absolute Gasteiger partial charge is 0.497 e. The zero-order valence-electron chi connectivity index (χ0n) is 15.4. The van der Waals surface area contributed by atoms with Crippen molar-refractivity contribution in [2.45, 2.75) is 64.0 Å². The van der Waals surface area contributed by atoms with Crippen molar-refractivity contribution in [1.29, 1.82) is 0 Å². The Morgan fingerprint density at radius 2 is 1.62 bits per heavy atom. The van der Waals surface area contributed by atoms with Gasteiger partial charge in [0.15, 0.2) is 0 Å². The van der Waals surface area contributed by atoms with Crippen molar-refractivity contribution in [2.75, 3.05) is 33.3 Å². The predicted octanol–water partition coefficient (Wildman–Crippen LogP) is 4.32. The van der Waals surface area contributed by atoms with Crippen LogP contribution in [0.1, 0.15) is 56.9 Å². The summed E-state index contributed by atoms with van der Waals surface area (Å²) in [6.45, 7) is 6.16. The number of hydrogen-bond donors (Lipinski definition) is 0. The number of likely N-dealkylation sites (tertiary alicyclic amines) is 1. The van der Waals surface area contributed by atoms with E-state index in [2.05, 4.69) is 34.1 Å². The molecule has 1 aliphatic heterocycles. The first-order chi connectivity index (χ1) is 11.8. The number of benzene rings is 1. The summed E-state index contributed by atoms with van der Waals surface area (Å²) >= 11 is 0. The molecule has 0 atom stereocenters. The molecule has 0 bridgehead atoms. The molecule has 0 radical (unpaired) electrons. The Hall–Kier alpha value is -1.06. The first-order valence-electron chi connectivity index (χ1n) is 9.94. The van der Waals surface area contributed by atoms with E-state index in [4.69, 9.17) is 4.74 Å². The Kier molecular flexibility index (Phi) is 6.98. The van der Waals surface area contributed by atoms with Crippen LogP contribution in [0.3, 0.4) is 0 Å². The Labute approximate surface area is 148 Å². The normalized spacial score (nSPS) is 20.4. The van der Waals surface area contributed by atoms with E-state index >= 15 is 0 Å². The van der Waals surface area contributed by atoms with E-state index < -0.39 is 0 Å². The van der Waals surface area contributed by atoms with Gasteiger partial charge in [-0.05, 0) is 56.5 Å². The van der Waals surface area contributed by atoms with Crippen LogP contribution in [0.15, 0.2) is 24.3 Å². The van der Waals surface area contributed by atoms with Gasteiger partial charge in [0.05, 0.1) is 7.11 Å². The van der Waals surface area contributed by atoms with Gasteiger partial charge in [-0.2, -0.15) is 0 Å². The molecule has 3 nitrogen and oxygen atoms in total. The highest BCUT2D eigenvalue weighted by atomic mass is 16.5. The fraction of sp³-hybridized carbons (Fsp3) is 0.714. The van der Waals surface area contributed by atoms with Gasteiger partial charge in [0.2, 0.25) is 0 Å². The Bertz CT molecular complexity index is 461. The van der Waals surface area contributed by atoms with Crippen molar-refractivity contribution in [3.8, 4) is 5.75 Å². The summed E-state index contributed by atoms with van der Waals surface area (Å²) in [5.41, 5.74) is 1.42. The van der Waals surface area contributed by atoms with E-state index in [1.807, 2.05) is 0 Å². The van der Waals surface area contributed by atoms with Crippen LogP contribution in [0.5, 0.6) is 5.75 Å². The molecule has 3 heteroatoms. The van der Waals surface area contributed by atoms with E-state index in [1.165, 1.54) is 83.1 Å². The van der Waals surface area contributed by atoms with Crippen molar-refractivity contribution < 1.29 is 4.74 Å². The molecule has 0 spiro atoms. The average Bonchev–Trinajstić information content (AvgIpc) is 2.67. The van der Waals surface area contributed by atoms with Gasteiger partial charge < -0.3 is 9.64 Å². The quantitative estimate of drug-likeness (QED) is 0.740. The summed E-state index contributed by atoms with van der Waals surface area (Å²) in [5, 5.41) is 0. The monoisotopic (exact) mass is 330 g/mol. The molecule has 0 N–H and O–H groups in total. The van der Waals surface area contributed by atoms with Gasteiger partial charge in [-0.1, -0.05) is 37.8 Å². The molecule has 1 saturated heterocycles. The zero-order valence-corrected chi connectivity index (χ0v) is 15.4. The molecule has 2 fully saturated rings. The fourth-order valence-corrected chi connectivity index (χ4v) is 4.26. The fourth-order valence-electron chi connectivity index (χ4n) is 4.26. The number of methoxy groups -OCH3 is 1. The molecule has 1 saturated carbocycles. The lowest BCUT2D eigenvalue weighted by Crippen LogP contribution is -2.42. The van der Waals surface area contributed by atoms with Crippen LogP contribution in [0.2, 0.25) is 0 Å². The van der Waals surface area contributed by atoms with Gasteiger partial charge in [0.25, 0.3) is 0 Å². The minimum atomic E-state index is 0.783. The summed E-state index contributed by atoms with van der Waals surface area (Å²) in [7, 11) is 1.74. The molecule has 1 heterocycles. The highest BCUT2D eigenvalue weighted by Crippen LogP contribution is 2.24. The van der Waals surface area contributed by atoms with Crippen LogP contribution in [0, 0.1) is 0 Å². The first kappa shape index (κ1) is 17.8. The molecule has 0 aromatic heterocycles. The standard InChI is InChI=1S/C21H34N2O/c1-24-21-12-10-19(11-13-21)18-23(20-8-4-2-5-9-20)17-16-22-14-6-3-7-15-22/h10-13,20H,2-9,14-18H2,1H3. The minimum absolute atomic E-state index is 0.783. The van der Waals surface area contributed by atoms with Crippen molar-refractivity contribution in [3.05, 3.63) is 29.8 Å². The van der Waals surface area contributed by atoms with Crippen molar-refractivity contribution in [1.82, 2.24) is 9.80 Å². The lowest BCUT2D eigenvalue weighted by atomic mass is 9.93. The Morgan fingerprint density at radius 1 is 0.958 bits per heavy atom. The minimum Gasteiger partial charge on any atom is -0.497 e. The summed E-state index contributed by atoms with van der Waals surface area (Å²) in [6, 6.07) is 9.44. The molecule has 0 amide bonds. The van der Waals surface area contributed by atoms with Gasteiger partial charge >= 0.3 is 0 Å². The summed E-state index contributed by atoms with van der Waals surface area (Å²) in [4.78, 5) is 5.43. The van der Waals surface area contributed by atoms with Gasteiger partial charge in [0.1, 0.15) is 5.75 Å². The Balaban J connectivity index is 1.59. The highest BCUT2D eigenvalue weighted by molar-refractivity contribution is 5.27. The maximum atomic E-state index is 5.30. The zero-order chi connectivity index (χ0) is 16.6. The molecule has 3 rings (SSSR count). The van der Waals surface area contributed by atoms with E-state index in [9.17, 15) is 0 Å². The summed E-state index contributed by atoms with van der Waals surface area (Å²) < 4.78 is 5.30. The maximum absolute atomic E-state index is 5.30. The Morgan fingerprint density at radius 3 is 2.29 bits per heavy atom. The van der Waals surface area contributed by atoms with Gasteiger partial charge in [-0.15, -0.1) is 0 Å². The maximum Gasteiger partial charge on any atom is 0.118 e. The van der Waals surface area contributed by atoms with Crippen molar-refractivity contribution in [3.63, 3.8) is 0 Å². The van der Waals surface area contributed by atoms with Crippen LogP contribution < -0.4 is 4.74 Å².